The highest BCUT2D eigenvalue weighted by molar-refractivity contribution is 5.95. The highest BCUT2D eigenvalue weighted by Gasteiger charge is 2.34. The van der Waals surface area contributed by atoms with Crippen molar-refractivity contribution in [3.05, 3.63) is 30.2 Å². The zero-order valence-corrected chi connectivity index (χ0v) is 15.3. The number of anilines is 1. The third-order valence-corrected chi connectivity index (χ3v) is 5.56. The average molecular weight is 354 g/mol. The van der Waals surface area contributed by atoms with E-state index in [1.807, 2.05) is 24.3 Å². The van der Waals surface area contributed by atoms with E-state index in [9.17, 15) is 4.79 Å². The van der Waals surface area contributed by atoms with Crippen molar-refractivity contribution in [2.45, 2.75) is 64.0 Å². The Morgan fingerprint density at radius 3 is 2.77 bits per heavy atom. The fourth-order valence-corrected chi connectivity index (χ4v) is 4.29. The highest BCUT2D eigenvalue weighted by Crippen LogP contribution is 2.30. The molecule has 1 unspecified atom stereocenters. The Labute approximate surface area is 154 Å². The van der Waals surface area contributed by atoms with Crippen LogP contribution >= 0.6 is 0 Å². The Balaban J connectivity index is 1.48. The summed E-state index contributed by atoms with van der Waals surface area (Å²) in [5.74, 6) is 1.19. The Kier molecular flexibility index (Phi) is 5.02. The maximum atomic E-state index is 13.0. The molecule has 0 radical (unpaired) electrons. The van der Waals surface area contributed by atoms with Crippen molar-refractivity contribution in [3.63, 3.8) is 0 Å². The van der Waals surface area contributed by atoms with Gasteiger partial charge in [0.1, 0.15) is 0 Å². The average Bonchev–Trinajstić information content (AvgIpc) is 3.34. The summed E-state index contributed by atoms with van der Waals surface area (Å²) in [4.78, 5) is 19.7. The lowest BCUT2D eigenvalue weighted by Crippen LogP contribution is -2.51. The van der Waals surface area contributed by atoms with E-state index < -0.39 is 0 Å². The number of hydrogen-bond donors (Lipinski definition) is 1. The molecular formula is C20H26N4O2. The molecule has 4 rings (SSSR count). The van der Waals surface area contributed by atoms with Crippen LogP contribution in [0.5, 0.6) is 0 Å². The SMILES string of the molecule is Cc1nc(-c2cccc(NC(=O)C3CCCCN3C3CCCC3)c2)no1. The van der Waals surface area contributed by atoms with Gasteiger partial charge in [-0.3, -0.25) is 9.69 Å². The number of hydrogen-bond acceptors (Lipinski definition) is 5. The van der Waals surface area contributed by atoms with Crippen molar-refractivity contribution in [1.29, 1.82) is 0 Å². The number of carbonyl (C=O) groups is 1. The molecule has 1 saturated heterocycles. The number of benzene rings is 1. The van der Waals surface area contributed by atoms with Crippen LogP contribution < -0.4 is 5.32 Å². The molecule has 1 aromatic carbocycles. The van der Waals surface area contributed by atoms with Crippen LogP contribution in [0.4, 0.5) is 5.69 Å². The first-order chi connectivity index (χ1) is 12.7. The predicted octanol–water partition coefficient (Wildman–Crippen LogP) is 3.78. The molecule has 2 heterocycles. The molecular weight excluding hydrogens is 328 g/mol. The minimum absolute atomic E-state index is 0.0112. The van der Waals surface area contributed by atoms with Gasteiger partial charge in [0, 0.05) is 24.2 Å². The molecule has 1 amide bonds. The summed E-state index contributed by atoms with van der Waals surface area (Å²) in [5, 5.41) is 7.07. The van der Waals surface area contributed by atoms with Gasteiger partial charge in [0.25, 0.3) is 0 Å². The Bertz CT molecular complexity index is 767. The van der Waals surface area contributed by atoms with Gasteiger partial charge in [0.15, 0.2) is 0 Å². The minimum Gasteiger partial charge on any atom is -0.339 e. The van der Waals surface area contributed by atoms with Crippen LogP contribution in [0.2, 0.25) is 0 Å². The second-order valence-electron chi connectivity index (χ2n) is 7.39. The van der Waals surface area contributed by atoms with Crippen molar-refractivity contribution in [3.8, 4) is 11.4 Å². The van der Waals surface area contributed by atoms with Gasteiger partial charge in [0.05, 0.1) is 6.04 Å². The number of rotatable bonds is 4. The van der Waals surface area contributed by atoms with E-state index in [2.05, 4.69) is 20.4 Å². The zero-order valence-electron chi connectivity index (χ0n) is 15.3. The summed E-state index contributed by atoms with van der Waals surface area (Å²) in [6.07, 6.45) is 8.33. The first kappa shape index (κ1) is 17.2. The van der Waals surface area contributed by atoms with E-state index in [4.69, 9.17) is 4.52 Å². The number of carbonyl (C=O) groups excluding carboxylic acids is 1. The number of likely N-dealkylation sites (tertiary alicyclic amines) is 1. The number of nitrogens with zero attached hydrogens (tertiary/aromatic N) is 3. The summed E-state index contributed by atoms with van der Waals surface area (Å²) >= 11 is 0. The smallest absolute Gasteiger partial charge is 0.241 e. The van der Waals surface area contributed by atoms with Crippen LogP contribution in [0, 0.1) is 6.92 Å². The lowest BCUT2D eigenvalue weighted by atomic mass is 9.98. The Hall–Kier alpha value is -2.21. The second kappa shape index (κ2) is 7.58. The molecule has 2 aliphatic rings. The molecule has 6 nitrogen and oxygen atoms in total. The molecule has 1 saturated carbocycles. The molecule has 1 aromatic heterocycles. The molecule has 2 aromatic rings. The lowest BCUT2D eigenvalue weighted by Gasteiger charge is -2.38. The Morgan fingerprint density at radius 1 is 1.19 bits per heavy atom. The lowest BCUT2D eigenvalue weighted by molar-refractivity contribution is -0.123. The van der Waals surface area contributed by atoms with Gasteiger partial charge < -0.3 is 9.84 Å². The molecule has 2 fully saturated rings. The largest absolute Gasteiger partial charge is 0.339 e. The molecule has 26 heavy (non-hydrogen) atoms. The minimum atomic E-state index is -0.0112. The third-order valence-electron chi connectivity index (χ3n) is 5.56. The quantitative estimate of drug-likeness (QED) is 0.905. The molecule has 0 bridgehead atoms. The van der Waals surface area contributed by atoms with Crippen molar-refractivity contribution < 1.29 is 9.32 Å². The maximum Gasteiger partial charge on any atom is 0.241 e. The molecule has 6 heteroatoms. The van der Waals surface area contributed by atoms with Crippen LogP contribution in [0.1, 0.15) is 50.8 Å². The number of amides is 1. The normalized spacial score (nSPS) is 21.8. The summed E-state index contributed by atoms with van der Waals surface area (Å²) in [6.45, 7) is 2.81. The molecule has 138 valence electrons. The monoisotopic (exact) mass is 354 g/mol. The molecule has 1 aliphatic heterocycles. The van der Waals surface area contributed by atoms with Crippen molar-refractivity contribution >= 4 is 11.6 Å². The summed E-state index contributed by atoms with van der Waals surface area (Å²) in [6, 6.07) is 8.22. The highest BCUT2D eigenvalue weighted by atomic mass is 16.5. The Morgan fingerprint density at radius 2 is 2.00 bits per heavy atom. The topological polar surface area (TPSA) is 71.3 Å². The van der Waals surface area contributed by atoms with Gasteiger partial charge in [-0.1, -0.05) is 36.6 Å². The van der Waals surface area contributed by atoms with Crippen molar-refractivity contribution in [2.24, 2.45) is 0 Å². The number of aromatic nitrogens is 2. The van der Waals surface area contributed by atoms with Crippen molar-refractivity contribution in [2.75, 3.05) is 11.9 Å². The van der Waals surface area contributed by atoms with Crippen molar-refractivity contribution in [1.82, 2.24) is 15.0 Å². The van der Waals surface area contributed by atoms with Gasteiger partial charge in [-0.2, -0.15) is 4.98 Å². The van der Waals surface area contributed by atoms with Gasteiger partial charge in [0.2, 0.25) is 17.6 Å². The van der Waals surface area contributed by atoms with Gasteiger partial charge >= 0.3 is 0 Å². The molecule has 1 N–H and O–H groups in total. The van der Waals surface area contributed by atoms with Crippen LogP contribution in [0.15, 0.2) is 28.8 Å². The number of nitrogens with one attached hydrogen (secondary N) is 1. The summed E-state index contributed by atoms with van der Waals surface area (Å²) < 4.78 is 5.05. The molecule has 0 spiro atoms. The van der Waals surface area contributed by atoms with Gasteiger partial charge in [-0.05, 0) is 44.4 Å². The number of aryl methyl sites for hydroxylation is 1. The predicted molar refractivity (Wildman–Crippen MR) is 99.7 cm³/mol. The van der Waals surface area contributed by atoms with E-state index in [1.54, 1.807) is 6.92 Å². The van der Waals surface area contributed by atoms with E-state index in [-0.39, 0.29) is 11.9 Å². The zero-order chi connectivity index (χ0) is 17.9. The van der Waals surface area contributed by atoms with Crippen LogP contribution in [-0.4, -0.2) is 39.6 Å². The van der Waals surface area contributed by atoms with Crippen LogP contribution in [0.25, 0.3) is 11.4 Å². The number of piperidine rings is 1. The molecule has 1 atom stereocenters. The molecule has 1 aliphatic carbocycles. The fraction of sp³-hybridized carbons (Fsp3) is 0.550. The van der Waals surface area contributed by atoms with E-state index >= 15 is 0 Å². The maximum absolute atomic E-state index is 13.0. The second-order valence-corrected chi connectivity index (χ2v) is 7.39. The first-order valence-electron chi connectivity index (χ1n) is 9.68. The summed E-state index contributed by atoms with van der Waals surface area (Å²) in [7, 11) is 0. The standard InChI is InChI=1S/C20H26N4O2/c1-14-21-19(23-26-14)15-7-6-8-16(13-15)22-20(25)18-11-4-5-12-24(18)17-9-2-3-10-17/h6-8,13,17-18H,2-5,9-12H2,1H3,(H,22,25). The van der Waals surface area contributed by atoms with Gasteiger partial charge in [-0.25, -0.2) is 0 Å². The van der Waals surface area contributed by atoms with E-state index in [1.165, 1.54) is 32.1 Å². The fourth-order valence-electron chi connectivity index (χ4n) is 4.29. The van der Waals surface area contributed by atoms with E-state index in [0.29, 0.717) is 17.8 Å². The van der Waals surface area contributed by atoms with Crippen LogP contribution in [0.3, 0.4) is 0 Å². The van der Waals surface area contributed by atoms with Gasteiger partial charge in [-0.15, -0.1) is 0 Å². The third kappa shape index (κ3) is 3.65. The summed E-state index contributed by atoms with van der Waals surface area (Å²) in [5.41, 5.74) is 1.63. The first-order valence-corrected chi connectivity index (χ1v) is 9.68. The van der Waals surface area contributed by atoms with Crippen LogP contribution in [-0.2, 0) is 4.79 Å². The van der Waals surface area contributed by atoms with E-state index in [0.717, 1.165) is 30.6 Å².